The molecule has 2 aromatic rings. The van der Waals surface area contributed by atoms with E-state index in [1.165, 1.54) is 4.88 Å². The maximum absolute atomic E-state index is 4.15. The van der Waals surface area contributed by atoms with E-state index in [-0.39, 0.29) is 0 Å². The van der Waals surface area contributed by atoms with Crippen molar-refractivity contribution in [3.63, 3.8) is 0 Å². The second kappa shape index (κ2) is 3.45. The van der Waals surface area contributed by atoms with Gasteiger partial charge in [-0.25, -0.2) is 9.97 Å². The number of rotatable bonds is 2. The monoisotopic (exact) mass is 176 g/mol. The molecular formula is C9H8N2S. The van der Waals surface area contributed by atoms with E-state index in [0.717, 1.165) is 12.2 Å². The molecule has 0 aliphatic rings. The Morgan fingerprint density at radius 1 is 1.17 bits per heavy atom. The van der Waals surface area contributed by atoms with Crippen LogP contribution in [-0.2, 0) is 6.42 Å². The van der Waals surface area contributed by atoms with Gasteiger partial charge >= 0.3 is 0 Å². The first kappa shape index (κ1) is 7.43. The van der Waals surface area contributed by atoms with Gasteiger partial charge in [0.05, 0.1) is 0 Å². The van der Waals surface area contributed by atoms with E-state index in [0.29, 0.717) is 0 Å². The average molecular weight is 176 g/mol. The Balaban J connectivity index is 2.15. The van der Waals surface area contributed by atoms with Crippen LogP contribution < -0.4 is 0 Å². The van der Waals surface area contributed by atoms with Crippen LogP contribution in [0.5, 0.6) is 0 Å². The van der Waals surface area contributed by atoms with Gasteiger partial charge in [0.15, 0.2) is 0 Å². The lowest BCUT2D eigenvalue weighted by atomic mass is 10.3. The molecule has 12 heavy (non-hydrogen) atoms. The lowest BCUT2D eigenvalue weighted by molar-refractivity contribution is 0.980. The highest BCUT2D eigenvalue weighted by Crippen LogP contribution is 2.11. The van der Waals surface area contributed by atoms with Crippen LogP contribution in [0.4, 0.5) is 0 Å². The third-order valence-electron chi connectivity index (χ3n) is 1.53. The van der Waals surface area contributed by atoms with Gasteiger partial charge < -0.3 is 0 Å². The van der Waals surface area contributed by atoms with Crippen LogP contribution in [0.3, 0.4) is 0 Å². The summed E-state index contributed by atoms with van der Waals surface area (Å²) in [5.41, 5.74) is 0. The molecule has 0 N–H and O–H groups in total. The molecule has 0 aliphatic heterocycles. The lowest BCUT2D eigenvalue weighted by Crippen LogP contribution is -1.92. The lowest BCUT2D eigenvalue weighted by Gasteiger charge is -1.93. The Hall–Kier alpha value is -1.22. The van der Waals surface area contributed by atoms with Crippen molar-refractivity contribution in [2.24, 2.45) is 0 Å². The van der Waals surface area contributed by atoms with Crippen molar-refractivity contribution in [2.75, 3.05) is 0 Å². The van der Waals surface area contributed by atoms with Gasteiger partial charge in [0.25, 0.3) is 0 Å². The van der Waals surface area contributed by atoms with Crippen LogP contribution in [0, 0.1) is 0 Å². The van der Waals surface area contributed by atoms with E-state index in [4.69, 9.17) is 0 Å². The fourth-order valence-electron chi connectivity index (χ4n) is 0.990. The first-order chi connectivity index (χ1) is 5.95. The molecule has 0 aromatic carbocycles. The Morgan fingerprint density at radius 2 is 2.00 bits per heavy atom. The maximum Gasteiger partial charge on any atom is 0.133 e. The molecule has 0 radical (unpaired) electrons. The molecule has 2 nitrogen and oxygen atoms in total. The van der Waals surface area contributed by atoms with Crippen molar-refractivity contribution < 1.29 is 0 Å². The third-order valence-corrected chi connectivity index (χ3v) is 2.41. The Kier molecular flexibility index (Phi) is 2.14. The SMILES string of the molecule is c1cnc(Cc2cccs2)nc1. The zero-order chi connectivity index (χ0) is 8.23. The molecule has 0 fully saturated rings. The molecule has 3 heteroatoms. The number of hydrogen-bond acceptors (Lipinski definition) is 3. The van der Waals surface area contributed by atoms with Crippen molar-refractivity contribution in [2.45, 2.75) is 6.42 Å². The minimum absolute atomic E-state index is 0.846. The molecule has 2 heterocycles. The smallest absolute Gasteiger partial charge is 0.133 e. The van der Waals surface area contributed by atoms with E-state index in [9.17, 15) is 0 Å². The first-order valence-electron chi connectivity index (χ1n) is 3.73. The molecule has 0 aliphatic carbocycles. The van der Waals surface area contributed by atoms with Crippen molar-refractivity contribution in [3.05, 3.63) is 46.7 Å². The summed E-state index contributed by atoms with van der Waals surface area (Å²) >= 11 is 1.74. The normalized spacial score (nSPS) is 10.0. The molecule has 0 unspecified atom stereocenters. The van der Waals surface area contributed by atoms with Gasteiger partial charge in [-0.3, -0.25) is 0 Å². The van der Waals surface area contributed by atoms with E-state index in [1.807, 2.05) is 12.1 Å². The van der Waals surface area contributed by atoms with E-state index in [1.54, 1.807) is 23.7 Å². The zero-order valence-electron chi connectivity index (χ0n) is 6.47. The Bertz CT molecular complexity index is 329. The molecule has 0 amide bonds. The number of thiophene rings is 1. The van der Waals surface area contributed by atoms with Gasteiger partial charge in [0, 0.05) is 23.7 Å². The number of hydrogen-bond donors (Lipinski definition) is 0. The summed E-state index contributed by atoms with van der Waals surface area (Å²) in [6.45, 7) is 0. The second-order valence-corrected chi connectivity index (χ2v) is 3.45. The van der Waals surface area contributed by atoms with Crippen molar-refractivity contribution in [3.8, 4) is 0 Å². The van der Waals surface area contributed by atoms with Gasteiger partial charge in [0.2, 0.25) is 0 Å². The molecule has 0 saturated carbocycles. The fourth-order valence-corrected chi connectivity index (χ4v) is 1.69. The van der Waals surface area contributed by atoms with Gasteiger partial charge in [-0.2, -0.15) is 0 Å². The highest BCUT2D eigenvalue weighted by Gasteiger charge is 1.97. The molecular weight excluding hydrogens is 168 g/mol. The summed E-state index contributed by atoms with van der Waals surface area (Å²) < 4.78 is 0. The van der Waals surface area contributed by atoms with Crippen molar-refractivity contribution in [1.29, 1.82) is 0 Å². The fraction of sp³-hybridized carbons (Fsp3) is 0.111. The van der Waals surface area contributed by atoms with Crippen LogP contribution in [0.25, 0.3) is 0 Å². The maximum atomic E-state index is 4.15. The minimum atomic E-state index is 0.846. The molecule has 0 atom stereocenters. The first-order valence-corrected chi connectivity index (χ1v) is 4.61. The largest absolute Gasteiger partial charge is 0.241 e. The predicted molar refractivity (Wildman–Crippen MR) is 49.2 cm³/mol. The summed E-state index contributed by atoms with van der Waals surface area (Å²) in [7, 11) is 0. The van der Waals surface area contributed by atoms with Crippen LogP contribution in [-0.4, -0.2) is 9.97 Å². The summed E-state index contributed by atoms with van der Waals surface area (Å²) in [4.78, 5) is 9.60. The van der Waals surface area contributed by atoms with Crippen molar-refractivity contribution >= 4 is 11.3 Å². The standard InChI is InChI=1S/C9H8N2S/c1-3-8(12-6-1)7-9-10-4-2-5-11-9/h1-6H,7H2. The summed E-state index contributed by atoms with van der Waals surface area (Å²) in [5.74, 6) is 0.889. The van der Waals surface area contributed by atoms with Crippen LogP contribution in [0.1, 0.15) is 10.7 Å². The van der Waals surface area contributed by atoms with Gasteiger partial charge in [-0.15, -0.1) is 11.3 Å². The molecule has 2 rings (SSSR count). The van der Waals surface area contributed by atoms with Crippen LogP contribution >= 0.6 is 11.3 Å². The minimum Gasteiger partial charge on any atom is -0.241 e. The van der Waals surface area contributed by atoms with E-state index < -0.39 is 0 Å². The molecule has 60 valence electrons. The van der Waals surface area contributed by atoms with Gasteiger partial charge in [-0.1, -0.05) is 6.07 Å². The quantitative estimate of drug-likeness (QED) is 0.700. The number of nitrogens with zero attached hydrogens (tertiary/aromatic N) is 2. The number of aromatic nitrogens is 2. The second-order valence-electron chi connectivity index (χ2n) is 2.42. The van der Waals surface area contributed by atoms with Crippen LogP contribution in [0.15, 0.2) is 36.0 Å². The summed E-state index contributed by atoms with van der Waals surface area (Å²) in [6.07, 6.45) is 4.39. The van der Waals surface area contributed by atoms with E-state index in [2.05, 4.69) is 21.4 Å². The van der Waals surface area contributed by atoms with Gasteiger partial charge in [0.1, 0.15) is 5.82 Å². The van der Waals surface area contributed by atoms with Gasteiger partial charge in [-0.05, 0) is 17.5 Å². The molecule has 0 spiro atoms. The zero-order valence-corrected chi connectivity index (χ0v) is 7.29. The predicted octanol–water partition coefficient (Wildman–Crippen LogP) is 2.13. The topological polar surface area (TPSA) is 25.8 Å². The third kappa shape index (κ3) is 1.68. The highest BCUT2D eigenvalue weighted by atomic mass is 32.1. The summed E-state index contributed by atoms with van der Waals surface area (Å²) in [5, 5.41) is 2.07. The molecule has 2 aromatic heterocycles. The summed E-state index contributed by atoms with van der Waals surface area (Å²) in [6, 6.07) is 5.97. The van der Waals surface area contributed by atoms with Crippen LogP contribution in [0.2, 0.25) is 0 Å². The van der Waals surface area contributed by atoms with E-state index >= 15 is 0 Å². The Morgan fingerprint density at radius 3 is 2.67 bits per heavy atom. The Labute approximate surface area is 74.9 Å². The molecule has 0 bridgehead atoms. The average Bonchev–Trinajstić information content (AvgIpc) is 2.59. The van der Waals surface area contributed by atoms with Crippen molar-refractivity contribution in [1.82, 2.24) is 9.97 Å². The highest BCUT2D eigenvalue weighted by molar-refractivity contribution is 7.09. The molecule has 0 saturated heterocycles.